The molecule has 1 aliphatic rings. The monoisotopic (exact) mass is 364 g/mol. The first kappa shape index (κ1) is 18.2. The van der Waals surface area contributed by atoms with Gasteiger partial charge in [0, 0.05) is 17.8 Å². The van der Waals surface area contributed by atoms with Gasteiger partial charge in [0.25, 0.3) is 5.91 Å². The fraction of sp³-hybridized carbons (Fsp3) is 0.389. The summed E-state index contributed by atoms with van der Waals surface area (Å²) in [5.41, 5.74) is -0.343. The topological polar surface area (TPSA) is 66.9 Å². The lowest BCUT2D eigenvalue weighted by atomic mass is 9.95. The summed E-state index contributed by atoms with van der Waals surface area (Å²) >= 11 is 0. The number of hydrogen-bond donors (Lipinski definition) is 2. The smallest absolute Gasteiger partial charge is 0.348 e. The standard InChI is InChI=1S/C18H19F3N4O/c19-18(20,21)12-5-4-8-14(9-12)24-16-10-15(22-11-23-16)17(26)25-13-6-2-1-3-7-13/h4-5,8-11,13H,1-3,6-7H2,(H,25,26)(H,22,23,24). The number of alkyl halides is 3. The molecule has 1 amide bonds. The van der Waals surface area contributed by atoms with Crippen molar-refractivity contribution in [3.63, 3.8) is 0 Å². The summed E-state index contributed by atoms with van der Waals surface area (Å²) in [6.07, 6.45) is 2.07. The van der Waals surface area contributed by atoms with Crippen LogP contribution in [0.1, 0.15) is 48.2 Å². The molecule has 0 aliphatic heterocycles. The molecule has 2 N–H and O–H groups in total. The van der Waals surface area contributed by atoms with Crippen molar-refractivity contribution in [2.24, 2.45) is 0 Å². The van der Waals surface area contributed by atoms with Gasteiger partial charge in [-0.25, -0.2) is 9.97 Å². The van der Waals surface area contributed by atoms with Crippen LogP contribution in [0.3, 0.4) is 0 Å². The minimum Gasteiger partial charge on any atom is -0.348 e. The highest BCUT2D eigenvalue weighted by Crippen LogP contribution is 2.31. The Kier molecular flexibility index (Phi) is 5.39. The lowest BCUT2D eigenvalue weighted by molar-refractivity contribution is -0.137. The quantitative estimate of drug-likeness (QED) is 0.849. The lowest BCUT2D eigenvalue weighted by Crippen LogP contribution is -2.36. The van der Waals surface area contributed by atoms with Crippen LogP contribution < -0.4 is 10.6 Å². The van der Waals surface area contributed by atoms with Crippen molar-refractivity contribution < 1.29 is 18.0 Å². The van der Waals surface area contributed by atoms with Crippen LogP contribution in [0.5, 0.6) is 0 Å². The van der Waals surface area contributed by atoms with Gasteiger partial charge < -0.3 is 10.6 Å². The van der Waals surface area contributed by atoms with Crippen molar-refractivity contribution in [3.8, 4) is 0 Å². The largest absolute Gasteiger partial charge is 0.416 e. The number of rotatable bonds is 4. The maximum atomic E-state index is 12.8. The number of anilines is 2. The van der Waals surface area contributed by atoms with E-state index in [2.05, 4.69) is 20.6 Å². The number of carbonyl (C=O) groups excluding carboxylic acids is 1. The van der Waals surface area contributed by atoms with E-state index in [1.807, 2.05) is 0 Å². The van der Waals surface area contributed by atoms with Crippen LogP contribution in [0.25, 0.3) is 0 Å². The highest BCUT2D eigenvalue weighted by atomic mass is 19.4. The van der Waals surface area contributed by atoms with E-state index in [9.17, 15) is 18.0 Å². The molecule has 1 aliphatic carbocycles. The molecule has 0 saturated heterocycles. The Labute approximate surface area is 149 Å². The molecule has 8 heteroatoms. The number of hydrogen-bond acceptors (Lipinski definition) is 4. The Bertz CT molecular complexity index is 773. The van der Waals surface area contributed by atoms with Crippen molar-refractivity contribution in [1.29, 1.82) is 0 Å². The van der Waals surface area contributed by atoms with Crippen LogP contribution in [-0.2, 0) is 6.18 Å². The highest BCUT2D eigenvalue weighted by molar-refractivity contribution is 5.93. The Balaban J connectivity index is 1.70. The average Bonchev–Trinajstić information content (AvgIpc) is 2.62. The van der Waals surface area contributed by atoms with Crippen molar-refractivity contribution in [2.45, 2.75) is 44.3 Å². The fourth-order valence-electron chi connectivity index (χ4n) is 2.98. The molecule has 0 spiro atoms. The number of carbonyl (C=O) groups is 1. The molecule has 1 fully saturated rings. The summed E-state index contributed by atoms with van der Waals surface area (Å²) in [6.45, 7) is 0. The maximum absolute atomic E-state index is 12.8. The highest BCUT2D eigenvalue weighted by Gasteiger charge is 2.30. The van der Waals surface area contributed by atoms with Gasteiger partial charge in [-0.15, -0.1) is 0 Å². The normalized spacial score (nSPS) is 15.5. The summed E-state index contributed by atoms with van der Waals surface area (Å²) in [6, 6.07) is 6.37. The van der Waals surface area contributed by atoms with Crippen LogP contribution in [0.4, 0.5) is 24.7 Å². The zero-order valence-corrected chi connectivity index (χ0v) is 14.0. The molecule has 0 radical (unpaired) electrons. The maximum Gasteiger partial charge on any atom is 0.416 e. The molecule has 0 unspecified atom stereocenters. The summed E-state index contributed by atoms with van der Waals surface area (Å²) in [7, 11) is 0. The average molecular weight is 364 g/mol. The third-order valence-corrected chi connectivity index (χ3v) is 4.30. The van der Waals surface area contributed by atoms with Gasteiger partial charge in [0.2, 0.25) is 0 Å². The van der Waals surface area contributed by atoms with Crippen molar-refractivity contribution >= 4 is 17.4 Å². The molecule has 0 bridgehead atoms. The van der Waals surface area contributed by atoms with Gasteiger partial charge in [-0.05, 0) is 31.0 Å². The van der Waals surface area contributed by atoms with Gasteiger partial charge in [-0.1, -0.05) is 25.3 Å². The van der Waals surface area contributed by atoms with E-state index < -0.39 is 11.7 Å². The SMILES string of the molecule is O=C(NC1CCCCC1)c1cc(Nc2cccc(C(F)(F)F)c2)ncn1. The first-order valence-corrected chi connectivity index (χ1v) is 8.49. The first-order chi connectivity index (χ1) is 12.4. The Morgan fingerprint density at radius 3 is 2.58 bits per heavy atom. The molecule has 3 rings (SSSR count). The number of nitrogens with one attached hydrogen (secondary N) is 2. The van der Waals surface area contributed by atoms with Crippen LogP contribution >= 0.6 is 0 Å². The van der Waals surface area contributed by atoms with Gasteiger partial charge in [0.05, 0.1) is 5.56 Å². The molecule has 0 atom stereocenters. The zero-order chi connectivity index (χ0) is 18.6. The molecule has 26 heavy (non-hydrogen) atoms. The molecule has 1 aromatic heterocycles. The van der Waals surface area contributed by atoms with Crippen molar-refractivity contribution in [1.82, 2.24) is 15.3 Å². The van der Waals surface area contributed by atoms with E-state index in [1.165, 1.54) is 30.9 Å². The Morgan fingerprint density at radius 2 is 1.85 bits per heavy atom. The molecule has 2 aromatic rings. The summed E-state index contributed by atoms with van der Waals surface area (Å²) in [5, 5.41) is 5.73. The van der Waals surface area contributed by atoms with Gasteiger partial charge in [0.15, 0.2) is 0 Å². The zero-order valence-electron chi connectivity index (χ0n) is 14.0. The second-order valence-corrected chi connectivity index (χ2v) is 6.30. The Morgan fingerprint density at radius 1 is 1.08 bits per heavy atom. The van der Waals surface area contributed by atoms with E-state index in [0.717, 1.165) is 37.8 Å². The molecule has 1 heterocycles. The van der Waals surface area contributed by atoms with Gasteiger partial charge in [-0.2, -0.15) is 13.2 Å². The minimum absolute atomic E-state index is 0.145. The third kappa shape index (κ3) is 4.71. The number of benzene rings is 1. The van der Waals surface area contributed by atoms with E-state index in [4.69, 9.17) is 0 Å². The lowest BCUT2D eigenvalue weighted by Gasteiger charge is -2.22. The van der Waals surface area contributed by atoms with Crippen LogP contribution in [0.2, 0.25) is 0 Å². The van der Waals surface area contributed by atoms with Gasteiger partial charge in [0.1, 0.15) is 17.8 Å². The third-order valence-electron chi connectivity index (χ3n) is 4.30. The molecule has 5 nitrogen and oxygen atoms in total. The van der Waals surface area contributed by atoms with E-state index in [0.29, 0.717) is 0 Å². The van der Waals surface area contributed by atoms with Crippen LogP contribution in [0, 0.1) is 0 Å². The summed E-state index contributed by atoms with van der Waals surface area (Å²) < 4.78 is 38.4. The van der Waals surface area contributed by atoms with E-state index in [-0.39, 0.29) is 29.1 Å². The van der Waals surface area contributed by atoms with Gasteiger partial charge >= 0.3 is 6.18 Å². The molecule has 138 valence electrons. The predicted octanol–water partition coefficient (Wildman–Crippen LogP) is 4.30. The number of amides is 1. The second-order valence-electron chi connectivity index (χ2n) is 6.30. The van der Waals surface area contributed by atoms with E-state index >= 15 is 0 Å². The minimum atomic E-state index is -4.42. The van der Waals surface area contributed by atoms with Crippen LogP contribution in [-0.4, -0.2) is 21.9 Å². The van der Waals surface area contributed by atoms with E-state index in [1.54, 1.807) is 0 Å². The van der Waals surface area contributed by atoms with Crippen LogP contribution in [0.15, 0.2) is 36.7 Å². The fourth-order valence-corrected chi connectivity index (χ4v) is 2.98. The molecule has 1 saturated carbocycles. The summed E-state index contributed by atoms with van der Waals surface area (Å²) in [5.74, 6) is -0.0421. The van der Waals surface area contributed by atoms with Crippen molar-refractivity contribution in [3.05, 3.63) is 47.9 Å². The number of halogens is 3. The second kappa shape index (κ2) is 7.72. The summed E-state index contributed by atoms with van der Waals surface area (Å²) in [4.78, 5) is 20.3. The predicted molar refractivity (Wildman–Crippen MR) is 91.1 cm³/mol. The first-order valence-electron chi connectivity index (χ1n) is 8.49. The molecular formula is C18H19F3N4O. The molecular weight excluding hydrogens is 345 g/mol. The van der Waals surface area contributed by atoms with Crippen molar-refractivity contribution in [2.75, 3.05) is 5.32 Å². The van der Waals surface area contributed by atoms with Gasteiger partial charge in [-0.3, -0.25) is 4.79 Å². The molecule has 1 aromatic carbocycles. The number of aromatic nitrogens is 2. The number of nitrogens with zero attached hydrogens (tertiary/aromatic N) is 2. The Hall–Kier alpha value is -2.64.